The van der Waals surface area contributed by atoms with Gasteiger partial charge < -0.3 is 15.3 Å². The van der Waals surface area contributed by atoms with Crippen LogP contribution in [0.1, 0.15) is 5.56 Å². The quantitative estimate of drug-likeness (QED) is 0.482. The predicted molar refractivity (Wildman–Crippen MR) is 108 cm³/mol. The van der Waals surface area contributed by atoms with E-state index in [-0.39, 0.29) is 0 Å². The van der Waals surface area contributed by atoms with Crippen molar-refractivity contribution in [3.05, 3.63) is 60.2 Å². The molecular weight excluding hydrogens is 368 g/mol. The number of aromatic amines is 1. The minimum Gasteiger partial charge on any atom is -0.384 e. The van der Waals surface area contributed by atoms with Gasteiger partial charge in [0, 0.05) is 0 Å². The third-order valence-corrected chi connectivity index (χ3v) is 4.94. The second kappa shape index (κ2) is 5.86. The summed E-state index contributed by atoms with van der Waals surface area (Å²) in [6.07, 6.45) is 0. The highest BCUT2D eigenvalue weighted by molar-refractivity contribution is 6.00. The number of hydrogen-bond donors (Lipinski definition) is 2. The molecule has 0 spiro atoms. The van der Waals surface area contributed by atoms with Crippen LogP contribution in [0.25, 0.3) is 44.9 Å². The van der Waals surface area contributed by atoms with Crippen LogP contribution in [0.5, 0.6) is 0 Å². The molecule has 0 saturated carbocycles. The van der Waals surface area contributed by atoms with Crippen LogP contribution in [-0.2, 0) is 6.54 Å². The number of fused-ring (bicyclic) bond motifs is 3. The maximum Gasteiger partial charge on any atom is 0.245 e. The Labute approximate surface area is 163 Å². The number of aromatic nitrogens is 7. The molecule has 6 rings (SSSR count). The van der Waals surface area contributed by atoms with Gasteiger partial charge in [-0.3, -0.25) is 0 Å². The molecule has 0 aliphatic rings. The van der Waals surface area contributed by atoms with Crippen molar-refractivity contribution in [1.29, 1.82) is 0 Å². The van der Waals surface area contributed by atoms with Crippen molar-refractivity contribution >= 4 is 39.3 Å². The fraction of sp³-hybridized carbons (Fsp3) is 0.0500. The zero-order valence-corrected chi connectivity index (χ0v) is 15.1. The molecule has 140 valence electrons. The molecule has 0 aliphatic heterocycles. The monoisotopic (exact) mass is 382 g/mol. The van der Waals surface area contributed by atoms with Crippen LogP contribution in [-0.4, -0.2) is 34.8 Å². The lowest BCUT2D eigenvalue weighted by Gasteiger charge is -2.07. The van der Waals surface area contributed by atoms with E-state index in [0.717, 1.165) is 16.6 Å². The molecule has 0 atom stereocenters. The third-order valence-electron chi connectivity index (χ3n) is 4.94. The fourth-order valence-corrected chi connectivity index (χ4v) is 3.59. The summed E-state index contributed by atoms with van der Waals surface area (Å²) in [4.78, 5) is 17.3. The van der Waals surface area contributed by atoms with Gasteiger partial charge in [0.25, 0.3) is 0 Å². The lowest BCUT2D eigenvalue weighted by Crippen LogP contribution is -2.05. The molecule has 4 aromatic heterocycles. The molecule has 2 aromatic carbocycles. The highest BCUT2D eigenvalue weighted by atomic mass is 16.6. The number of hydrogen-bond acceptors (Lipinski definition) is 7. The number of nitrogen functional groups attached to an aromatic ring is 1. The number of para-hydroxylation sites is 2. The van der Waals surface area contributed by atoms with E-state index in [2.05, 4.69) is 25.3 Å². The average Bonchev–Trinajstić information content (AvgIpc) is 3.43. The first kappa shape index (κ1) is 15.8. The summed E-state index contributed by atoms with van der Waals surface area (Å²) in [6.45, 7) is 0.537. The van der Waals surface area contributed by atoms with Crippen LogP contribution in [0.3, 0.4) is 0 Å². The van der Waals surface area contributed by atoms with E-state index in [1.807, 2.05) is 59.2 Å². The lowest BCUT2D eigenvalue weighted by molar-refractivity contribution is 0.314. The van der Waals surface area contributed by atoms with E-state index in [9.17, 15) is 0 Å². The van der Waals surface area contributed by atoms with Gasteiger partial charge in [0.15, 0.2) is 5.65 Å². The van der Waals surface area contributed by atoms with Crippen molar-refractivity contribution in [3.63, 3.8) is 0 Å². The predicted octanol–water partition coefficient (Wildman–Crippen LogP) is 3.14. The van der Waals surface area contributed by atoms with Gasteiger partial charge in [-0.05, 0) is 28.0 Å². The second-order valence-electron chi connectivity index (χ2n) is 6.74. The summed E-state index contributed by atoms with van der Waals surface area (Å²) in [7, 11) is 0. The van der Waals surface area contributed by atoms with Crippen LogP contribution in [0.4, 0.5) is 5.82 Å². The zero-order valence-electron chi connectivity index (χ0n) is 15.1. The standard InChI is InChI=1S/C20H14N8O/c21-16-14(17-22-12-8-4-5-9-13(12)23-17)15-20(25-19-18(24-15)26-29-27-19)28(16)10-11-6-2-1-3-7-11/h1-9H,10,21H2,(H,22,23). The van der Waals surface area contributed by atoms with Gasteiger partial charge in [-0.15, -0.1) is 0 Å². The van der Waals surface area contributed by atoms with Crippen LogP contribution in [0, 0.1) is 0 Å². The molecule has 29 heavy (non-hydrogen) atoms. The Kier molecular flexibility index (Phi) is 3.19. The van der Waals surface area contributed by atoms with E-state index in [1.54, 1.807) is 0 Å². The molecule has 0 saturated heterocycles. The summed E-state index contributed by atoms with van der Waals surface area (Å²) in [5.41, 5.74) is 12.0. The van der Waals surface area contributed by atoms with Crippen molar-refractivity contribution < 1.29 is 4.63 Å². The summed E-state index contributed by atoms with van der Waals surface area (Å²) in [6, 6.07) is 17.8. The molecule has 0 fully saturated rings. The average molecular weight is 382 g/mol. The third kappa shape index (κ3) is 2.37. The number of rotatable bonds is 3. The van der Waals surface area contributed by atoms with E-state index >= 15 is 0 Å². The molecule has 9 heteroatoms. The molecule has 0 unspecified atom stereocenters. The van der Waals surface area contributed by atoms with Crippen molar-refractivity contribution in [3.8, 4) is 11.4 Å². The molecule has 0 radical (unpaired) electrons. The number of nitrogens with zero attached hydrogens (tertiary/aromatic N) is 6. The number of nitrogens with one attached hydrogen (secondary N) is 1. The van der Waals surface area contributed by atoms with E-state index in [1.165, 1.54) is 0 Å². The fourth-order valence-electron chi connectivity index (χ4n) is 3.59. The summed E-state index contributed by atoms with van der Waals surface area (Å²) in [5.74, 6) is 1.15. The van der Waals surface area contributed by atoms with Crippen LogP contribution < -0.4 is 5.73 Å². The van der Waals surface area contributed by atoms with Crippen LogP contribution in [0.2, 0.25) is 0 Å². The SMILES string of the molecule is Nc1c(-c2nc3ccccc3[nH]2)c2nc3nonc3nc2n1Cc1ccccc1. The van der Waals surface area contributed by atoms with Crippen molar-refractivity contribution in [2.75, 3.05) is 5.73 Å². The van der Waals surface area contributed by atoms with Crippen molar-refractivity contribution in [2.24, 2.45) is 0 Å². The Bertz CT molecular complexity index is 1460. The molecule has 0 bridgehead atoms. The van der Waals surface area contributed by atoms with Crippen molar-refractivity contribution in [2.45, 2.75) is 6.54 Å². The number of anilines is 1. The van der Waals surface area contributed by atoms with E-state index in [4.69, 9.17) is 15.3 Å². The van der Waals surface area contributed by atoms with E-state index < -0.39 is 0 Å². The Morgan fingerprint density at radius 2 is 1.66 bits per heavy atom. The van der Waals surface area contributed by atoms with E-state index in [0.29, 0.717) is 46.2 Å². The molecule has 0 aliphatic carbocycles. The van der Waals surface area contributed by atoms with Gasteiger partial charge in [-0.25, -0.2) is 19.6 Å². The molecule has 0 amide bonds. The maximum absolute atomic E-state index is 6.61. The van der Waals surface area contributed by atoms with Gasteiger partial charge in [0.05, 0.1) is 23.1 Å². The topological polar surface area (TPSA) is 124 Å². The van der Waals surface area contributed by atoms with Gasteiger partial charge in [0.1, 0.15) is 17.2 Å². The molecular formula is C20H14N8O. The first-order chi connectivity index (χ1) is 14.3. The molecule has 9 nitrogen and oxygen atoms in total. The van der Waals surface area contributed by atoms with Gasteiger partial charge >= 0.3 is 0 Å². The lowest BCUT2D eigenvalue weighted by atomic mass is 10.2. The van der Waals surface area contributed by atoms with Gasteiger partial charge in [-0.1, -0.05) is 42.5 Å². The van der Waals surface area contributed by atoms with Gasteiger partial charge in [-0.2, -0.15) is 0 Å². The summed E-state index contributed by atoms with van der Waals surface area (Å²) in [5, 5.41) is 7.65. The zero-order chi connectivity index (χ0) is 19.4. The highest BCUT2D eigenvalue weighted by Gasteiger charge is 2.23. The Balaban J connectivity index is 1.65. The Morgan fingerprint density at radius 1 is 0.897 bits per heavy atom. The van der Waals surface area contributed by atoms with Crippen LogP contribution >= 0.6 is 0 Å². The second-order valence-corrected chi connectivity index (χ2v) is 6.74. The molecule has 3 N–H and O–H groups in total. The minimum absolute atomic E-state index is 0.326. The Morgan fingerprint density at radius 3 is 2.48 bits per heavy atom. The smallest absolute Gasteiger partial charge is 0.245 e. The first-order valence-electron chi connectivity index (χ1n) is 9.05. The molecule has 6 aromatic rings. The number of H-pyrrole nitrogens is 1. The number of nitrogens with two attached hydrogens (primary N) is 1. The number of imidazole rings is 1. The van der Waals surface area contributed by atoms with Gasteiger partial charge in [0.2, 0.25) is 11.3 Å². The van der Waals surface area contributed by atoms with Crippen LogP contribution in [0.15, 0.2) is 59.2 Å². The first-order valence-corrected chi connectivity index (χ1v) is 9.05. The largest absolute Gasteiger partial charge is 0.384 e. The maximum atomic E-state index is 6.61. The molecule has 4 heterocycles. The van der Waals surface area contributed by atoms with Crippen molar-refractivity contribution in [1.82, 2.24) is 34.8 Å². The minimum atomic E-state index is 0.326. The number of benzene rings is 2. The Hall–Kier alpha value is -4.27. The highest BCUT2D eigenvalue weighted by Crippen LogP contribution is 2.35. The normalized spacial score (nSPS) is 11.7. The summed E-state index contributed by atoms with van der Waals surface area (Å²) < 4.78 is 6.71. The summed E-state index contributed by atoms with van der Waals surface area (Å²) >= 11 is 0.